The number of nitrogens with zero attached hydrogens (tertiary/aromatic N) is 3. The van der Waals surface area contributed by atoms with E-state index in [9.17, 15) is 4.79 Å². The van der Waals surface area contributed by atoms with Gasteiger partial charge in [0.2, 0.25) is 0 Å². The first-order chi connectivity index (χ1) is 15.1. The Hall–Kier alpha value is -2.68. The molecule has 0 bridgehead atoms. The van der Waals surface area contributed by atoms with Gasteiger partial charge in [-0.3, -0.25) is 4.79 Å². The van der Waals surface area contributed by atoms with Gasteiger partial charge in [0.15, 0.2) is 17.5 Å². The van der Waals surface area contributed by atoms with Gasteiger partial charge in [0.05, 0.1) is 27.9 Å². The van der Waals surface area contributed by atoms with Gasteiger partial charge in [-0.15, -0.1) is 0 Å². The van der Waals surface area contributed by atoms with E-state index in [0.717, 1.165) is 44.0 Å². The Kier molecular flexibility index (Phi) is 8.22. The zero-order valence-corrected chi connectivity index (χ0v) is 19.0. The van der Waals surface area contributed by atoms with Gasteiger partial charge >= 0.3 is 0 Å². The second-order valence-electron chi connectivity index (χ2n) is 7.50. The minimum atomic E-state index is -0.258. The van der Waals surface area contributed by atoms with Crippen LogP contribution in [-0.2, 0) is 16.1 Å². The van der Waals surface area contributed by atoms with Gasteiger partial charge < -0.3 is 34.1 Å². The molecular weight excluding hydrogens is 400 g/mol. The third-order valence-corrected chi connectivity index (χ3v) is 5.62. The molecule has 2 aliphatic rings. The van der Waals surface area contributed by atoms with Gasteiger partial charge in [-0.05, 0) is 25.8 Å². The molecule has 0 saturated carbocycles. The lowest BCUT2D eigenvalue weighted by Crippen LogP contribution is -2.55. The van der Waals surface area contributed by atoms with Crippen molar-refractivity contribution in [1.29, 1.82) is 0 Å². The number of carbonyl (C=O) groups excluding carboxylic acids is 1. The predicted molar refractivity (Wildman–Crippen MR) is 118 cm³/mol. The number of nitrogens with one attached hydrogen (secondary N) is 1. The molecule has 0 spiro atoms. The highest BCUT2D eigenvalue weighted by Gasteiger charge is 2.31. The summed E-state index contributed by atoms with van der Waals surface area (Å²) in [7, 11) is 4.84. The maximum atomic E-state index is 12.6. The van der Waals surface area contributed by atoms with Crippen molar-refractivity contribution in [2.24, 2.45) is 4.99 Å². The average Bonchev–Trinajstić information content (AvgIpc) is 3.35. The fraction of sp³-hybridized carbons (Fsp3) is 0.636. The molecular formula is C22H34N4O5. The summed E-state index contributed by atoms with van der Waals surface area (Å²) in [6.07, 6.45) is 1.54. The van der Waals surface area contributed by atoms with E-state index in [1.165, 1.54) is 0 Å². The number of piperazine rings is 1. The van der Waals surface area contributed by atoms with Crippen LogP contribution in [0.1, 0.15) is 25.3 Å². The number of benzene rings is 1. The quantitative estimate of drug-likeness (QED) is 0.514. The third-order valence-electron chi connectivity index (χ3n) is 5.62. The normalized spacial score (nSPS) is 19.4. The molecule has 1 aromatic rings. The highest BCUT2D eigenvalue weighted by atomic mass is 16.5. The minimum absolute atomic E-state index is 0.120. The van der Waals surface area contributed by atoms with E-state index < -0.39 is 0 Å². The Balaban J connectivity index is 1.67. The SMILES string of the molecule is CCNC(=NCc1cc(OC)c(OC)cc1OC)N1CCN(C(=O)C2CCCO2)CC1. The molecule has 1 atom stereocenters. The molecule has 1 N–H and O–H groups in total. The van der Waals surface area contributed by atoms with E-state index in [1.807, 2.05) is 24.0 Å². The Morgan fingerprint density at radius 3 is 2.29 bits per heavy atom. The van der Waals surface area contributed by atoms with E-state index in [1.54, 1.807) is 21.3 Å². The number of ether oxygens (including phenoxy) is 4. The van der Waals surface area contributed by atoms with Crippen LogP contribution in [0.3, 0.4) is 0 Å². The summed E-state index contributed by atoms with van der Waals surface area (Å²) in [5.74, 6) is 2.90. The van der Waals surface area contributed by atoms with Gasteiger partial charge in [-0.1, -0.05) is 0 Å². The van der Waals surface area contributed by atoms with E-state index in [2.05, 4.69) is 10.2 Å². The monoisotopic (exact) mass is 434 g/mol. The number of carbonyl (C=O) groups is 1. The number of guanidine groups is 1. The molecule has 9 heteroatoms. The van der Waals surface area contributed by atoms with Crippen molar-refractivity contribution in [3.8, 4) is 17.2 Å². The van der Waals surface area contributed by atoms with Gasteiger partial charge in [0.1, 0.15) is 11.9 Å². The first-order valence-electron chi connectivity index (χ1n) is 10.8. The molecule has 2 saturated heterocycles. The molecule has 1 amide bonds. The molecule has 1 aromatic carbocycles. The first kappa shape index (κ1) is 23.0. The van der Waals surface area contributed by atoms with E-state index >= 15 is 0 Å². The standard InChI is InChI=1S/C22H34N4O5/c1-5-23-22(24-15-16-13-19(29-3)20(30-4)14-18(16)28-2)26-10-8-25(9-11-26)21(27)17-7-6-12-31-17/h13-14,17H,5-12,15H2,1-4H3,(H,23,24). The highest BCUT2D eigenvalue weighted by molar-refractivity contribution is 5.83. The lowest BCUT2D eigenvalue weighted by atomic mass is 10.1. The lowest BCUT2D eigenvalue weighted by Gasteiger charge is -2.37. The summed E-state index contributed by atoms with van der Waals surface area (Å²) < 4.78 is 21.9. The number of rotatable bonds is 7. The molecule has 0 radical (unpaired) electrons. The fourth-order valence-electron chi connectivity index (χ4n) is 3.92. The molecule has 9 nitrogen and oxygen atoms in total. The van der Waals surface area contributed by atoms with Crippen LogP contribution in [0.15, 0.2) is 17.1 Å². The summed E-state index contributed by atoms with van der Waals surface area (Å²) in [5.41, 5.74) is 0.905. The van der Waals surface area contributed by atoms with Crippen molar-refractivity contribution in [3.63, 3.8) is 0 Å². The summed E-state index contributed by atoms with van der Waals surface area (Å²) in [5, 5.41) is 3.36. The molecule has 1 unspecified atom stereocenters. The zero-order valence-electron chi connectivity index (χ0n) is 19.0. The summed E-state index contributed by atoms with van der Waals surface area (Å²) in [6.45, 7) is 6.72. The Morgan fingerprint density at radius 1 is 1.06 bits per heavy atom. The first-order valence-corrected chi connectivity index (χ1v) is 10.8. The number of hydrogen-bond acceptors (Lipinski definition) is 6. The van der Waals surface area contributed by atoms with Crippen molar-refractivity contribution in [1.82, 2.24) is 15.1 Å². The van der Waals surface area contributed by atoms with Crippen molar-refractivity contribution in [2.75, 3.05) is 60.7 Å². The van der Waals surface area contributed by atoms with Crippen LogP contribution < -0.4 is 19.5 Å². The number of aliphatic imine (C=N–C) groups is 1. The van der Waals surface area contributed by atoms with Crippen LogP contribution in [0.2, 0.25) is 0 Å². The lowest BCUT2D eigenvalue weighted by molar-refractivity contribution is -0.142. The summed E-state index contributed by atoms with van der Waals surface area (Å²) in [6, 6.07) is 3.70. The highest BCUT2D eigenvalue weighted by Crippen LogP contribution is 2.35. The Labute approximate surface area is 184 Å². The van der Waals surface area contributed by atoms with Crippen LogP contribution in [0.4, 0.5) is 0 Å². The van der Waals surface area contributed by atoms with Crippen LogP contribution in [-0.4, -0.2) is 88.4 Å². The van der Waals surface area contributed by atoms with E-state index in [4.69, 9.17) is 23.9 Å². The number of amides is 1. The van der Waals surface area contributed by atoms with Crippen LogP contribution in [0, 0.1) is 0 Å². The van der Waals surface area contributed by atoms with Gasteiger partial charge in [0, 0.05) is 51.0 Å². The van der Waals surface area contributed by atoms with E-state index in [-0.39, 0.29) is 12.0 Å². The van der Waals surface area contributed by atoms with Crippen molar-refractivity contribution in [2.45, 2.75) is 32.4 Å². The number of methoxy groups -OCH3 is 3. The second-order valence-corrected chi connectivity index (χ2v) is 7.50. The zero-order chi connectivity index (χ0) is 22.2. The van der Waals surface area contributed by atoms with Crippen molar-refractivity contribution in [3.05, 3.63) is 17.7 Å². The largest absolute Gasteiger partial charge is 0.496 e. The van der Waals surface area contributed by atoms with Crippen molar-refractivity contribution < 1.29 is 23.7 Å². The molecule has 2 heterocycles. The minimum Gasteiger partial charge on any atom is -0.496 e. The molecule has 31 heavy (non-hydrogen) atoms. The Morgan fingerprint density at radius 2 is 1.71 bits per heavy atom. The van der Waals surface area contributed by atoms with Crippen molar-refractivity contribution >= 4 is 11.9 Å². The average molecular weight is 435 g/mol. The summed E-state index contributed by atoms with van der Waals surface area (Å²) >= 11 is 0. The van der Waals surface area contributed by atoms with Gasteiger partial charge in [-0.2, -0.15) is 0 Å². The Bertz CT molecular complexity index is 771. The maximum Gasteiger partial charge on any atom is 0.251 e. The van der Waals surface area contributed by atoms with E-state index in [0.29, 0.717) is 43.5 Å². The molecule has 3 rings (SSSR count). The molecule has 172 valence electrons. The van der Waals surface area contributed by atoms with Crippen LogP contribution in [0.25, 0.3) is 0 Å². The summed E-state index contributed by atoms with van der Waals surface area (Å²) in [4.78, 5) is 21.5. The number of hydrogen-bond donors (Lipinski definition) is 1. The molecule has 2 aliphatic heterocycles. The smallest absolute Gasteiger partial charge is 0.251 e. The molecule has 0 aliphatic carbocycles. The van der Waals surface area contributed by atoms with Gasteiger partial charge in [-0.25, -0.2) is 4.99 Å². The predicted octanol–water partition coefficient (Wildman–Crippen LogP) is 1.50. The van der Waals surface area contributed by atoms with Gasteiger partial charge in [0.25, 0.3) is 5.91 Å². The third kappa shape index (κ3) is 5.52. The topological polar surface area (TPSA) is 84.9 Å². The maximum absolute atomic E-state index is 12.6. The second kappa shape index (κ2) is 11.1. The van der Waals surface area contributed by atoms with Crippen LogP contribution >= 0.6 is 0 Å². The fourth-order valence-corrected chi connectivity index (χ4v) is 3.92. The van der Waals surface area contributed by atoms with Crippen LogP contribution in [0.5, 0.6) is 17.2 Å². The molecule has 2 fully saturated rings. The molecule has 0 aromatic heterocycles.